The van der Waals surface area contributed by atoms with E-state index in [0.29, 0.717) is 27.5 Å². The first-order valence-corrected chi connectivity index (χ1v) is 6.88. The Balaban J connectivity index is 1.93. The van der Waals surface area contributed by atoms with E-state index in [1.54, 1.807) is 43.3 Å². The number of furan rings is 1. The maximum Gasteiger partial charge on any atom is 0.379 e. The second kappa shape index (κ2) is 5.55. The van der Waals surface area contributed by atoms with E-state index >= 15 is 0 Å². The Morgan fingerprint density at radius 1 is 1.23 bits per heavy atom. The SMILES string of the molecule is Cc1c(C(=O)Oc2ccc(C#N)cc2)oc2c(Cl)cccc12. The van der Waals surface area contributed by atoms with E-state index in [1.807, 2.05) is 12.1 Å². The van der Waals surface area contributed by atoms with Crippen LogP contribution in [0.1, 0.15) is 21.7 Å². The van der Waals surface area contributed by atoms with Gasteiger partial charge in [0.2, 0.25) is 5.76 Å². The summed E-state index contributed by atoms with van der Waals surface area (Å²) < 4.78 is 10.8. The number of para-hydroxylation sites is 1. The van der Waals surface area contributed by atoms with Gasteiger partial charge >= 0.3 is 5.97 Å². The fourth-order valence-corrected chi connectivity index (χ4v) is 2.37. The third-order valence-electron chi connectivity index (χ3n) is 3.30. The topological polar surface area (TPSA) is 63.2 Å². The monoisotopic (exact) mass is 311 g/mol. The molecule has 22 heavy (non-hydrogen) atoms. The van der Waals surface area contributed by atoms with Crippen molar-refractivity contribution in [2.45, 2.75) is 6.92 Å². The second-order valence-corrected chi connectivity index (χ2v) is 5.11. The number of fused-ring (bicyclic) bond motifs is 1. The molecule has 3 rings (SSSR count). The van der Waals surface area contributed by atoms with Crippen LogP contribution in [0.5, 0.6) is 5.75 Å². The van der Waals surface area contributed by atoms with Gasteiger partial charge in [-0.05, 0) is 37.3 Å². The second-order valence-electron chi connectivity index (χ2n) is 4.70. The molecule has 0 aliphatic rings. The number of hydrogen-bond donors (Lipinski definition) is 0. The number of hydrogen-bond acceptors (Lipinski definition) is 4. The Kier molecular flexibility index (Phi) is 3.58. The fraction of sp³-hybridized carbons (Fsp3) is 0.0588. The fourth-order valence-electron chi connectivity index (χ4n) is 2.15. The Morgan fingerprint density at radius 2 is 1.95 bits per heavy atom. The van der Waals surface area contributed by atoms with Crippen molar-refractivity contribution in [3.05, 3.63) is 64.4 Å². The minimum atomic E-state index is -0.602. The van der Waals surface area contributed by atoms with E-state index < -0.39 is 5.97 Å². The Labute approximate surface area is 131 Å². The molecule has 0 atom stereocenters. The van der Waals surface area contributed by atoms with E-state index in [9.17, 15) is 4.79 Å². The highest BCUT2D eigenvalue weighted by molar-refractivity contribution is 6.35. The summed E-state index contributed by atoms with van der Waals surface area (Å²) in [5.74, 6) is -0.142. The van der Waals surface area contributed by atoms with E-state index in [4.69, 9.17) is 26.0 Å². The summed E-state index contributed by atoms with van der Waals surface area (Å²) in [6.45, 7) is 1.78. The number of rotatable bonds is 2. The van der Waals surface area contributed by atoms with Crippen LogP contribution in [0.3, 0.4) is 0 Å². The average molecular weight is 312 g/mol. The van der Waals surface area contributed by atoms with Crippen LogP contribution in [0.2, 0.25) is 5.02 Å². The van der Waals surface area contributed by atoms with E-state index in [-0.39, 0.29) is 5.76 Å². The number of esters is 1. The molecule has 0 N–H and O–H groups in total. The number of aryl methyl sites for hydroxylation is 1. The van der Waals surface area contributed by atoms with Crippen molar-refractivity contribution in [2.75, 3.05) is 0 Å². The van der Waals surface area contributed by atoms with Crippen LogP contribution in [-0.2, 0) is 0 Å². The number of halogens is 1. The van der Waals surface area contributed by atoms with Gasteiger partial charge in [-0.3, -0.25) is 0 Å². The summed E-state index contributed by atoms with van der Waals surface area (Å²) in [5.41, 5.74) is 1.64. The molecule has 0 spiro atoms. The van der Waals surface area contributed by atoms with Crippen LogP contribution < -0.4 is 4.74 Å². The lowest BCUT2D eigenvalue weighted by atomic mass is 10.1. The van der Waals surface area contributed by atoms with Crippen molar-refractivity contribution in [1.82, 2.24) is 0 Å². The van der Waals surface area contributed by atoms with Gasteiger partial charge in [0.05, 0.1) is 16.7 Å². The molecule has 5 heteroatoms. The number of carbonyl (C=O) groups is 1. The molecule has 3 aromatic rings. The molecular formula is C17H10ClNO3. The first-order valence-electron chi connectivity index (χ1n) is 6.50. The third-order valence-corrected chi connectivity index (χ3v) is 3.59. The number of carbonyl (C=O) groups excluding carboxylic acids is 1. The van der Waals surface area contributed by atoms with Gasteiger partial charge in [-0.25, -0.2) is 4.79 Å². The van der Waals surface area contributed by atoms with Gasteiger partial charge in [0.15, 0.2) is 5.58 Å². The average Bonchev–Trinajstić information content (AvgIpc) is 2.87. The Hall–Kier alpha value is -2.77. The molecule has 0 saturated carbocycles. The molecule has 2 aromatic carbocycles. The molecule has 1 heterocycles. The zero-order valence-corrected chi connectivity index (χ0v) is 12.3. The molecule has 0 radical (unpaired) electrons. The largest absolute Gasteiger partial charge is 0.447 e. The lowest BCUT2D eigenvalue weighted by Crippen LogP contribution is -2.08. The van der Waals surface area contributed by atoms with Crippen LogP contribution in [0.15, 0.2) is 46.9 Å². The van der Waals surface area contributed by atoms with Gasteiger partial charge in [-0.2, -0.15) is 5.26 Å². The van der Waals surface area contributed by atoms with Crippen LogP contribution in [0.25, 0.3) is 11.0 Å². The van der Waals surface area contributed by atoms with Crippen molar-refractivity contribution >= 4 is 28.5 Å². The van der Waals surface area contributed by atoms with Gasteiger partial charge in [-0.1, -0.05) is 23.7 Å². The molecule has 0 aliphatic heterocycles. The van der Waals surface area contributed by atoms with E-state index in [0.717, 1.165) is 5.39 Å². The van der Waals surface area contributed by atoms with Gasteiger partial charge in [0, 0.05) is 10.9 Å². The minimum Gasteiger partial charge on any atom is -0.447 e. The molecule has 0 fully saturated rings. The molecule has 0 amide bonds. The predicted molar refractivity (Wildman–Crippen MR) is 82.1 cm³/mol. The van der Waals surface area contributed by atoms with Crippen LogP contribution >= 0.6 is 11.6 Å². The lowest BCUT2D eigenvalue weighted by molar-refractivity contribution is 0.0703. The van der Waals surface area contributed by atoms with Crippen molar-refractivity contribution < 1.29 is 13.9 Å². The molecule has 0 bridgehead atoms. The van der Waals surface area contributed by atoms with Crippen LogP contribution in [0.4, 0.5) is 0 Å². The van der Waals surface area contributed by atoms with Crippen LogP contribution in [-0.4, -0.2) is 5.97 Å². The molecule has 1 aromatic heterocycles. The van der Waals surface area contributed by atoms with Crippen molar-refractivity contribution in [1.29, 1.82) is 5.26 Å². The molecular weight excluding hydrogens is 302 g/mol. The number of benzene rings is 2. The summed E-state index contributed by atoms with van der Waals surface area (Å²) in [4.78, 5) is 12.2. The smallest absolute Gasteiger partial charge is 0.379 e. The number of nitrogens with zero attached hydrogens (tertiary/aromatic N) is 1. The van der Waals surface area contributed by atoms with Gasteiger partial charge < -0.3 is 9.15 Å². The molecule has 0 saturated heterocycles. The van der Waals surface area contributed by atoms with Crippen LogP contribution in [0, 0.1) is 18.3 Å². The van der Waals surface area contributed by atoms with E-state index in [1.165, 1.54) is 0 Å². The zero-order valence-electron chi connectivity index (χ0n) is 11.6. The third kappa shape index (κ3) is 2.43. The van der Waals surface area contributed by atoms with Gasteiger partial charge in [-0.15, -0.1) is 0 Å². The van der Waals surface area contributed by atoms with Crippen molar-refractivity contribution in [2.24, 2.45) is 0 Å². The van der Waals surface area contributed by atoms with Gasteiger partial charge in [0.25, 0.3) is 0 Å². The summed E-state index contributed by atoms with van der Waals surface area (Å²) in [6, 6.07) is 13.6. The number of ether oxygens (including phenoxy) is 1. The first kappa shape index (κ1) is 14.2. The Bertz CT molecular complexity index is 904. The highest BCUT2D eigenvalue weighted by Crippen LogP contribution is 2.31. The zero-order chi connectivity index (χ0) is 15.7. The summed E-state index contributed by atoms with van der Waals surface area (Å²) >= 11 is 6.06. The molecule has 4 nitrogen and oxygen atoms in total. The Morgan fingerprint density at radius 3 is 2.59 bits per heavy atom. The van der Waals surface area contributed by atoms with E-state index in [2.05, 4.69) is 0 Å². The normalized spacial score (nSPS) is 10.4. The molecule has 108 valence electrons. The van der Waals surface area contributed by atoms with Gasteiger partial charge in [0.1, 0.15) is 5.75 Å². The highest BCUT2D eigenvalue weighted by atomic mass is 35.5. The maximum absolute atomic E-state index is 12.2. The molecule has 0 unspecified atom stereocenters. The molecule has 0 aliphatic carbocycles. The standard InChI is InChI=1S/C17H10ClNO3/c1-10-13-3-2-4-14(18)16(13)22-15(10)17(20)21-12-7-5-11(9-19)6-8-12/h2-8H,1H3. The summed E-state index contributed by atoms with van der Waals surface area (Å²) in [6.07, 6.45) is 0. The van der Waals surface area contributed by atoms with Crippen molar-refractivity contribution in [3.8, 4) is 11.8 Å². The number of nitriles is 1. The quantitative estimate of drug-likeness (QED) is 0.517. The highest BCUT2D eigenvalue weighted by Gasteiger charge is 2.20. The van der Waals surface area contributed by atoms with Crippen molar-refractivity contribution in [3.63, 3.8) is 0 Å². The minimum absolute atomic E-state index is 0.118. The summed E-state index contributed by atoms with van der Waals surface area (Å²) in [7, 11) is 0. The summed E-state index contributed by atoms with van der Waals surface area (Å²) in [5, 5.41) is 9.97. The lowest BCUT2D eigenvalue weighted by Gasteiger charge is -2.02. The first-order chi connectivity index (χ1) is 10.6. The predicted octanol–water partition coefficient (Wildman–Crippen LogP) is 4.49. The maximum atomic E-state index is 12.2.